The van der Waals surface area contributed by atoms with Gasteiger partial charge in [-0.3, -0.25) is 9.13 Å². The van der Waals surface area contributed by atoms with Crippen molar-refractivity contribution in [1.29, 1.82) is 0 Å². The van der Waals surface area contributed by atoms with E-state index in [4.69, 9.17) is 130 Å². The second kappa shape index (κ2) is 40.2. The Morgan fingerprint density at radius 2 is 0.853 bits per heavy atom. The highest BCUT2D eigenvalue weighted by Gasteiger charge is 2.56. The van der Waals surface area contributed by atoms with Crippen molar-refractivity contribution in [2.45, 2.75) is 316 Å². The van der Waals surface area contributed by atoms with Gasteiger partial charge in [0, 0.05) is 61.3 Å². The van der Waals surface area contributed by atoms with Crippen LogP contribution in [-0.4, -0.2) is 235 Å². The summed E-state index contributed by atoms with van der Waals surface area (Å²) >= 11 is 23.8. The van der Waals surface area contributed by atoms with Crippen LogP contribution in [-0.2, 0) is 108 Å². The number of aryl methyl sites for hydroxylation is 3. The van der Waals surface area contributed by atoms with Gasteiger partial charge in [-0.2, -0.15) is 15.0 Å². The van der Waals surface area contributed by atoms with Crippen LogP contribution in [0, 0.1) is 29.3 Å². The summed E-state index contributed by atoms with van der Waals surface area (Å²) in [6, 6.07) is 20.1. The molecule has 2 N–H and O–H groups in total. The van der Waals surface area contributed by atoms with E-state index in [1.54, 1.807) is 38.5 Å². The summed E-state index contributed by atoms with van der Waals surface area (Å²) in [5.41, 5.74) is 13.6. The van der Waals surface area contributed by atoms with Crippen molar-refractivity contribution >= 4 is 117 Å². The summed E-state index contributed by atoms with van der Waals surface area (Å²) in [6.07, 6.45) is 5.16. The maximum absolute atomic E-state index is 15.8. The van der Waals surface area contributed by atoms with E-state index >= 15 is 13.2 Å². The Balaban J connectivity index is 0.000000138. The fraction of sp³-hybridized carbons (Fsp3) is 0.640. The number of imidazole rings is 3. The van der Waals surface area contributed by atoms with Gasteiger partial charge in [-0.1, -0.05) is 144 Å². The number of methoxy groups -OCH3 is 2. The zero-order valence-electron chi connectivity index (χ0n) is 81.6. The number of nitrogens with one attached hydrogen (secondary N) is 1. The predicted octanol–water partition coefficient (Wildman–Crippen LogP) is 20.7. The standard InChI is InChI=1S/C39H57ClFN3O6Si2.C34H48BrClFN3O5Si2.C27H29ClFN3O5/c1-39(2,3)52(8,9)50-33-21-48-35-32(20-47-36(33)35)49-38-43-31-18-28(40)30(42-37(31)44(38)22-46-12-13-51(5,6)7)17-24-11-10-23-14-25(16-29(41)34(23)24)27-15-26(27)19-45-4;1-34(2,3)47(7,8)45-28-18-43-30-27(17-42-31(28)30)44-33-39-26-16-23(36)25(38-32(26)40(33)19-41-11-12-46(4,5)6)14-21-10-9-20-13-22(35)15-24(37)29(20)21;1-34-9-15-5-16(15)14-4-12-2-3-13(23(12)18(29)6-14)7-19-17(28)8-20-26(30-19)32-27(31-20)37-22-11-36-24-21(33)10-35-25(22)24/h14,16,18,24,26-27,32-33,35-36H,10-13,15,17,19-22H2,1-9H3;13,15-16,21,27-28,30-31H,9-12,14,17-19H2,1-8H3;4,6,8,13,15-16,21-22,24-25,33H,2-3,5,7,9-11H2,1H3,(H,30,31,32)/t24-,26?,27?,32-,33-,35-,36-;21-,27-,28-,30-,31-;13-,15?,16?,21-,22-,24-,25-/m111/s1. The second-order valence-electron chi connectivity index (χ2n) is 44.9. The number of fused-ring (bicyclic) bond motifs is 9. The third-order valence-corrected chi connectivity index (χ3v) is 44.3. The molecule has 19 atom stereocenters. The van der Waals surface area contributed by atoms with Crippen LogP contribution >= 0.6 is 50.7 Å². The maximum atomic E-state index is 15.8. The van der Waals surface area contributed by atoms with Gasteiger partial charge in [0.05, 0.1) is 89.5 Å². The summed E-state index contributed by atoms with van der Waals surface area (Å²) in [6.45, 7) is 41.9. The van der Waals surface area contributed by atoms with Gasteiger partial charge in [-0.15, -0.1) is 0 Å². The van der Waals surface area contributed by atoms with Crippen molar-refractivity contribution in [3.63, 3.8) is 0 Å². The number of aliphatic hydroxyl groups is 1. The van der Waals surface area contributed by atoms with Gasteiger partial charge in [0.15, 0.2) is 51.9 Å². The molecule has 136 heavy (non-hydrogen) atoms. The van der Waals surface area contributed by atoms with Crippen LogP contribution in [0.3, 0.4) is 0 Å². The Kier molecular flexibility index (Phi) is 29.7. The molecule has 3 aromatic carbocycles. The Labute approximate surface area is 823 Å². The number of aromatic nitrogens is 9. The van der Waals surface area contributed by atoms with E-state index in [9.17, 15) is 5.11 Å². The van der Waals surface area contributed by atoms with E-state index in [2.05, 4.69) is 145 Å². The Morgan fingerprint density at radius 1 is 0.471 bits per heavy atom. The van der Waals surface area contributed by atoms with Crippen molar-refractivity contribution in [2.75, 3.05) is 80.3 Å². The SMILES string of the molecule is CC(C)(C)[Si](C)(C)O[C@@H]1CO[C@H]2[C@@H]1OC[C@H]2Oc1nc2cc(Cl)c(C[C@H]3CCc4cc(Br)cc(F)c43)nc2n1COCC[Si](C)(C)C.COCC1CC1c1cc(F)c2c(c1)CC[C@@H]2Cc1nc2c(cc1Cl)nc(O[C@@H]1CO[C@H]3[C@@H]1OC[C@H]3O[Si](C)(C)C(C)(C)C)n2COCC[Si](C)(C)C.COCC1CC1c1cc(F)c2c(c1)CC[C@@H]2Cc1nc2nc(O[C@@H]3CO[C@H]4[C@@H]3OC[C@H]4O)[nH]c2cc1Cl. The average molecular weight is 2070 g/mol. The normalized spacial score (nSPS) is 27.8. The molecule has 8 fully saturated rings. The number of halogens is 7. The molecule has 0 bridgehead atoms. The minimum atomic E-state index is -2.02. The topological polar surface area (TPSA) is 262 Å². The molecule has 6 aliphatic heterocycles. The van der Waals surface area contributed by atoms with E-state index in [0.29, 0.717) is 167 Å². The molecule has 11 aliphatic rings. The van der Waals surface area contributed by atoms with Crippen LogP contribution < -0.4 is 14.2 Å². The lowest BCUT2D eigenvalue weighted by molar-refractivity contribution is 0.00684. The molecule has 5 aliphatic carbocycles. The van der Waals surface area contributed by atoms with Gasteiger partial charge in [0.1, 0.15) is 84.7 Å². The number of aliphatic hydroxyl groups excluding tert-OH is 1. The quantitative estimate of drug-likeness (QED) is 0.0293. The summed E-state index contributed by atoms with van der Waals surface area (Å²) in [5.74, 6) is 1.36. The van der Waals surface area contributed by atoms with E-state index in [-0.39, 0.29) is 132 Å². The molecule has 0 spiro atoms. The monoisotopic (exact) mass is 2070 g/mol. The molecule has 0 radical (unpaired) electrons. The number of aromatic amines is 1. The molecule has 20 rings (SSSR count). The van der Waals surface area contributed by atoms with E-state index < -0.39 is 38.9 Å². The highest BCUT2D eigenvalue weighted by molar-refractivity contribution is 9.10. The molecular formula is C100H134BrCl3F3N9O16Si4. The maximum Gasteiger partial charge on any atom is 0.301 e. The first kappa shape index (κ1) is 101. The predicted molar refractivity (Wildman–Crippen MR) is 531 cm³/mol. The summed E-state index contributed by atoms with van der Waals surface area (Å²) in [7, 11) is -3.19. The first-order valence-electron chi connectivity index (χ1n) is 48.7. The number of rotatable bonds is 32. The summed E-state index contributed by atoms with van der Waals surface area (Å²) in [4.78, 5) is 32.2. The first-order valence-corrected chi connectivity index (χ1v) is 63.8. The van der Waals surface area contributed by atoms with Gasteiger partial charge in [0.25, 0.3) is 6.01 Å². The third-order valence-electron chi connectivity index (χ3n) is 30.5. The lowest BCUT2D eigenvalue weighted by Gasteiger charge is -2.39. The molecular weight excluding hydrogens is 1940 g/mol. The molecule has 6 aromatic heterocycles. The van der Waals surface area contributed by atoms with Crippen molar-refractivity contribution in [3.05, 3.63) is 153 Å². The van der Waals surface area contributed by atoms with Gasteiger partial charge < -0.3 is 80.5 Å². The summed E-state index contributed by atoms with van der Waals surface area (Å²) in [5, 5.41) is 11.6. The smallest absolute Gasteiger partial charge is 0.301 e. The van der Waals surface area contributed by atoms with E-state index in [0.717, 1.165) is 131 Å². The van der Waals surface area contributed by atoms with Crippen LogP contribution in [0.2, 0.25) is 103 Å². The highest BCUT2D eigenvalue weighted by atomic mass is 79.9. The molecule has 36 heteroatoms. The Morgan fingerprint density at radius 3 is 1.29 bits per heavy atom. The number of hydrogen-bond donors (Lipinski definition) is 2. The second-order valence-corrected chi connectivity index (χ2v) is 67.8. The molecule has 6 saturated heterocycles. The Hall–Kier alpha value is -5.59. The van der Waals surface area contributed by atoms with Gasteiger partial charge in [-0.05, 0) is 247 Å². The van der Waals surface area contributed by atoms with Gasteiger partial charge >= 0.3 is 12.0 Å². The number of ether oxygens (including phenoxy) is 13. The molecule has 2 saturated carbocycles. The van der Waals surface area contributed by atoms with Crippen molar-refractivity contribution < 1.29 is 88.7 Å². The number of hydrogen-bond acceptors (Lipinski definition) is 22. The zero-order valence-corrected chi connectivity index (χ0v) is 89.5. The molecule has 25 nitrogen and oxygen atoms in total. The van der Waals surface area contributed by atoms with E-state index in [1.807, 2.05) is 27.3 Å². The average Bonchev–Trinajstić information content (AvgIpc) is 1.61. The summed E-state index contributed by atoms with van der Waals surface area (Å²) < 4.78 is 143. The lowest BCUT2D eigenvalue weighted by Crippen LogP contribution is -2.47. The molecule has 740 valence electrons. The number of H-pyrrole nitrogens is 1. The van der Waals surface area contributed by atoms with Crippen LogP contribution in [0.1, 0.15) is 165 Å². The molecule has 0 amide bonds. The Bertz CT molecular complexity index is 5860. The van der Waals surface area contributed by atoms with Crippen molar-refractivity contribution in [1.82, 2.24) is 44.0 Å². The van der Waals surface area contributed by atoms with Gasteiger partial charge in [-0.25, -0.2) is 28.1 Å². The van der Waals surface area contributed by atoms with Crippen LogP contribution in [0.15, 0.2) is 59.1 Å². The zero-order chi connectivity index (χ0) is 96.3. The van der Waals surface area contributed by atoms with Gasteiger partial charge in [0.2, 0.25) is 0 Å². The third kappa shape index (κ3) is 21.8. The van der Waals surface area contributed by atoms with Crippen molar-refractivity contribution in [2.24, 2.45) is 11.8 Å². The number of pyridine rings is 3. The first-order chi connectivity index (χ1) is 64.5. The van der Waals surface area contributed by atoms with Crippen LogP contribution in [0.25, 0.3) is 33.5 Å². The molecule has 4 unspecified atom stereocenters. The van der Waals surface area contributed by atoms with Crippen molar-refractivity contribution in [3.8, 4) is 18.0 Å². The fourth-order valence-corrected chi connectivity index (χ4v) is 25.9. The fourth-order valence-electron chi connectivity index (χ4n) is 20.6. The highest BCUT2D eigenvalue weighted by Crippen LogP contribution is 2.53. The van der Waals surface area contributed by atoms with Crippen LogP contribution in [0.5, 0.6) is 18.0 Å². The molecule has 9 aromatic rings. The minimum Gasteiger partial charge on any atom is -0.456 e. The number of nitrogens with zero attached hydrogens (tertiary/aromatic N) is 8. The van der Waals surface area contributed by atoms with E-state index in [1.165, 1.54) is 0 Å². The lowest BCUT2D eigenvalue weighted by atomic mass is 9.93. The largest absolute Gasteiger partial charge is 0.456 e. The molecule has 12 heterocycles. The van der Waals surface area contributed by atoms with Crippen LogP contribution in [0.4, 0.5) is 13.2 Å². The minimum absolute atomic E-state index is 0.00536. The number of benzene rings is 3.